The van der Waals surface area contributed by atoms with Gasteiger partial charge in [0, 0.05) is 31.9 Å². The Balaban J connectivity index is 2.00. The van der Waals surface area contributed by atoms with Crippen LogP contribution in [0.4, 0.5) is 0 Å². The minimum Gasteiger partial charge on any atom is -0.329 e. The summed E-state index contributed by atoms with van der Waals surface area (Å²) < 4.78 is 1.86. The van der Waals surface area contributed by atoms with Crippen molar-refractivity contribution in [3.8, 4) is 0 Å². The molecule has 2 heterocycles. The third kappa shape index (κ3) is 2.87. The lowest BCUT2D eigenvalue weighted by Crippen LogP contribution is -2.31. The zero-order chi connectivity index (χ0) is 12.3. The lowest BCUT2D eigenvalue weighted by molar-refractivity contribution is 0.239. The molecule has 0 bridgehead atoms. The van der Waals surface area contributed by atoms with E-state index < -0.39 is 0 Å². The second kappa shape index (κ2) is 5.65. The first-order valence-corrected chi connectivity index (χ1v) is 6.67. The third-order valence-electron chi connectivity index (χ3n) is 3.79. The maximum Gasteiger partial charge on any atom is 0.0538 e. The van der Waals surface area contributed by atoms with Gasteiger partial charge in [0.2, 0.25) is 0 Å². The number of hydrogen-bond donors (Lipinski definition) is 1. The Morgan fingerprint density at radius 3 is 3.00 bits per heavy atom. The highest BCUT2D eigenvalue weighted by Gasteiger charge is 2.28. The molecule has 1 fully saturated rings. The molecule has 1 saturated heterocycles. The first kappa shape index (κ1) is 12.6. The fourth-order valence-corrected chi connectivity index (χ4v) is 2.90. The van der Waals surface area contributed by atoms with Gasteiger partial charge in [-0.2, -0.15) is 5.10 Å². The van der Waals surface area contributed by atoms with Crippen LogP contribution in [0.1, 0.15) is 37.8 Å². The number of aromatic nitrogens is 2. The van der Waals surface area contributed by atoms with Gasteiger partial charge in [0.25, 0.3) is 0 Å². The minimum absolute atomic E-state index is 0.352. The van der Waals surface area contributed by atoms with Crippen molar-refractivity contribution >= 4 is 0 Å². The SMILES string of the molecule is CCCC1CCN(C(CN)c2cnn(C)c2)C1. The fraction of sp³-hybridized carbons (Fsp3) is 0.769. The Morgan fingerprint density at radius 1 is 1.59 bits per heavy atom. The van der Waals surface area contributed by atoms with Crippen LogP contribution in [0, 0.1) is 5.92 Å². The van der Waals surface area contributed by atoms with Gasteiger partial charge in [-0.25, -0.2) is 0 Å². The molecule has 96 valence electrons. The lowest BCUT2D eigenvalue weighted by atomic mass is 10.0. The van der Waals surface area contributed by atoms with E-state index in [2.05, 4.69) is 23.1 Å². The summed E-state index contributed by atoms with van der Waals surface area (Å²) in [5, 5.41) is 4.25. The molecule has 1 aliphatic heterocycles. The van der Waals surface area contributed by atoms with E-state index in [0.29, 0.717) is 12.6 Å². The summed E-state index contributed by atoms with van der Waals surface area (Å²) in [6.07, 6.45) is 8.00. The van der Waals surface area contributed by atoms with Gasteiger partial charge in [0.05, 0.1) is 12.2 Å². The number of nitrogens with two attached hydrogens (primary N) is 1. The molecule has 4 nitrogen and oxygen atoms in total. The zero-order valence-corrected chi connectivity index (χ0v) is 11.0. The van der Waals surface area contributed by atoms with Crippen LogP contribution in [0.25, 0.3) is 0 Å². The second-order valence-corrected chi connectivity index (χ2v) is 5.14. The summed E-state index contributed by atoms with van der Waals surface area (Å²) >= 11 is 0. The maximum absolute atomic E-state index is 5.93. The topological polar surface area (TPSA) is 47.1 Å². The van der Waals surface area contributed by atoms with Crippen molar-refractivity contribution in [2.24, 2.45) is 18.7 Å². The van der Waals surface area contributed by atoms with Crippen molar-refractivity contribution in [2.45, 2.75) is 32.2 Å². The molecule has 2 atom stereocenters. The molecule has 1 aromatic rings. The largest absolute Gasteiger partial charge is 0.329 e. The highest BCUT2D eigenvalue weighted by Crippen LogP contribution is 2.28. The van der Waals surface area contributed by atoms with E-state index in [1.807, 2.05) is 17.9 Å². The van der Waals surface area contributed by atoms with E-state index in [-0.39, 0.29) is 0 Å². The first-order valence-electron chi connectivity index (χ1n) is 6.67. The third-order valence-corrected chi connectivity index (χ3v) is 3.79. The Labute approximate surface area is 104 Å². The molecular formula is C13H24N4. The Hall–Kier alpha value is -0.870. The smallest absolute Gasteiger partial charge is 0.0538 e. The summed E-state index contributed by atoms with van der Waals surface area (Å²) in [6, 6.07) is 0.352. The Morgan fingerprint density at radius 2 is 2.41 bits per heavy atom. The van der Waals surface area contributed by atoms with Gasteiger partial charge in [-0.15, -0.1) is 0 Å². The van der Waals surface area contributed by atoms with Gasteiger partial charge in [0.1, 0.15) is 0 Å². The van der Waals surface area contributed by atoms with Gasteiger partial charge in [-0.3, -0.25) is 9.58 Å². The minimum atomic E-state index is 0.352. The van der Waals surface area contributed by atoms with Crippen LogP contribution in [-0.2, 0) is 7.05 Å². The molecule has 2 unspecified atom stereocenters. The van der Waals surface area contributed by atoms with Crippen molar-refractivity contribution in [1.82, 2.24) is 14.7 Å². The summed E-state index contributed by atoms with van der Waals surface area (Å²) in [5.41, 5.74) is 7.19. The van der Waals surface area contributed by atoms with Crippen LogP contribution in [0.15, 0.2) is 12.4 Å². The van der Waals surface area contributed by atoms with Crippen molar-refractivity contribution in [1.29, 1.82) is 0 Å². The van der Waals surface area contributed by atoms with Crippen LogP contribution in [0.2, 0.25) is 0 Å². The molecule has 4 heteroatoms. The van der Waals surface area contributed by atoms with Gasteiger partial charge < -0.3 is 5.73 Å². The molecule has 1 aliphatic rings. The molecule has 17 heavy (non-hydrogen) atoms. The number of hydrogen-bond acceptors (Lipinski definition) is 3. The van der Waals surface area contributed by atoms with E-state index >= 15 is 0 Å². The van der Waals surface area contributed by atoms with Crippen LogP contribution in [-0.4, -0.2) is 34.3 Å². The van der Waals surface area contributed by atoms with E-state index in [1.165, 1.54) is 37.9 Å². The van der Waals surface area contributed by atoms with E-state index in [0.717, 1.165) is 5.92 Å². The van der Waals surface area contributed by atoms with Crippen molar-refractivity contribution < 1.29 is 0 Å². The molecule has 0 spiro atoms. The summed E-state index contributed by atoms with van der Waals surface area (Å²) in [6.45, 7) is 5.33. The second-order valence-electron chi connectivity index (χ2n) is 5.14. The maximum atomic E-state index is 5.93. The average molecular weight is 236 g/mol. The van der Waals surface area contributed by atoms with E-state index in [4.69, 9.17) is 5.73 Å². The van der Waals surface area contributed by atoms with E-state index in [1.54, 1.807) is 0 Å². The van der Waals surface area contributed by atoms with Crippen LogP contribution < -0.4 is 5.73 Å². The number of aryl methyl sites for hydroxylation is 1. The molecule has 2 N–H and O–H groups in total. The van der Waals surface area contributed by atoms with Crippen molar-refractivity contribution in [2.75, 3.05) is 19.6 Å². The summed E-state index contributed by atoms with van der Waals surface area (Å²) in [7, 11) is 1.96. The van der Waals surface area contributed by atoms with Crippen molar-refractivity contribution in [3.63, 3.8) is 0 Å². The van der Waals surface area contributed by atoms with E-state index in [9.17, 15) is 0 Å². The summed E-state index contributed by atoms with van der Waals surface area (Å²) in [4.78, 5) is 2.53. The number of likely N-dealkylation sites (tertiary alicyclic amines) is 1. The normalized spacial score (nSPS) is 23.1. The molecular weight excluding hydrogens is 212 g/mol. The molecule has 0 radical (unpaired) electrons. The predicted molar refractivity (Wildman–Crippen MR) is 69.6 cm³/mol. The molecule has 0 saturated carbocycles. The number of nitrogens with zero attached hydrogens (tertiary/aromatic N) is 3. The molecule has 1 aromatic heterocycles. The first-order chi connectivity index (χ1) is 8.24. The molecule has 0 aromatic carbocycles. The predicted octanol–water partition coefficient (Wildman–Crippen LogP) is 1.54. The highest BCUT2D eigenvalue weighted by atomic mass is 15.3. The standard InChI is InChI=1S/C13H24N4/c1-3-4-11-5-6-17(9-11)13(7-14)12-8-15-16(2)10-12/h8,10-11,13H,3-7,9,14H2,1-2H3. The van der Waals surface area contributed by atoms with Gasteiger partial charge in [-0.1, -0.05) is 13.3 Å². The Bertz CT molecular complexity index is 347. The highest BCUT2D eigenvalue weighted by molar-refractivity contribution is 5.11. The van der Waals surface area contributed by atoms with Gasteiger partial charge in [0.15, 0.2) is 0 Å². The average Bonchev–Trinajstić information content (AvgIpc) is 2.91. The van der Waals surface area contributed by atoms with Gasteiger partial charge >= 0.3 is 0 Å². The fourth-order valence-electron chi connectivity index (χ4n) is 2.90. The molecule has 0 amide bonds. The van der Waals surface area contributed by atoms with Crippen molar-refractivity contribution in [3.05, 3.63) is 18.0 Å². The zero-order valence-electron chi connectivity index (χ0n) is 11.0. The monoisotopic (exact) mass is 236 g/mol. The molecule has 0 aliphatic carbocycles. The summed E-state index contributed by atoms with van der Waals surface area (Å²) in [5.74, 6) is 0.866. The van der Waals surface area contributed by atoms with Gasteiger partial charge in [-0.05, 0) is 25.3 Å². The Kier molecular flexibility index (Phi) is 4.18. The van der Waals surface area contributed by atoms with Crippen LogP contribution in [0.3, 0.4) is 0 Å². The van der Waals surface area contributed by atoms with Crippen LogP contribution in [0.5, 0.6) is 0 Å². The lowest BCUT2D eigenvalue weighted by Gasteiger charge is -2.25. The van der Waals surface area contributed by atoms with Crippen LogP contribution >= 0.6 is 0 Å². The quantitative estimate of drug-likeness (QED) is 0.843. The molecule has 2 rings (SSSR count). The number of rotatable bonds is 5.